The minimum absolute atomic E-state index is 0.0300. The second-order valence-corrected chi connectivity index (χ2v) is 6.71. The van der Waals surface area contributed by atoms with Crippen LogP contribution in [0.25, 0.3) is 0 Å². The minimum atomic E-state index is -3.12. The summed E-state index contributed by atoms with van der Waals surface area (Å²) in [6.45, 7) is 0. The number of sulfone groups is 1. The van der Waals surface area contributed by atoms with Crippen LogP contribution < -0.4 is 10.2 Å². The van der Waals surface area contributed by atoms with Crippen LogP contribution in [0.3, 0.4) is 0 Å². The Bertz CT molecular complexity index is 613. The van der Waals surface area contributed by atoms with Crippen molar-refractivity contribution in [1.82, 2.24) is 5.32 Å². The van der Waals surface area contributed by atoms with Crippen LogP contribution in [0.2, 0.25) is 0 Å². The van der Waals surface area contributed by atoms with Crippen LogP contribution in [0, 0.1) is 0 Å². The molecule has 1 aromatic rings. The molecule has 2 saturated heterocycles. The van der Waals surface area contributed by atoms with Crippen LogP contribution in [0.5, 0.6) is 5.75 Å². The molecule has 2 fully saturated rings. The number of carbonyl (C=O) groups is 1. The van der Waals surface area contributed by atoms with E-state index in [9.17, 15) is 18.3 Å². The average molecular weight is 268 g/mol. The summed E-state index contributed by atoms with van der Waals surface area (Å²) >= 11 is 0. The number of phenols is 1. The number of hydrogen-bond donors (Lipinski definition) is 2. The standard InChI is InChI=1S/C11H12N2O4S/c14-10-4-2-1-3-8(10)13-9-6-18(16,17)5-7(9)12-11(13)15/h1-4,7,9,14H,5-6H2,(H,12,15)/t7-,9-/m0/s1. The summed E-state index contributed by atoms with van der Waals surface area (Å²) in [7, 11) is -3.12. The van der Waals surface area contributed by atoms with Crippen LogP contribution in [-0.2, 0) is 9.84 Å². The lowest BCUT2D eigenvalue weighted by molar-refractivity contribution is 0.251. The molecule has 7 heteroatoms. The number of anilines is 1. The Balaban J connectivity index is 2.02. The first-order valence-corrected chi connectivity index (χ1v) is 7.38. The summed E-state index contributed by atoms with van der Waals surface area (Å²) in [6.07, 6.45) is 0. The number of benzene rings is 1. The van der Waals surface area contributed by atoms with Crippen molar-refractivity contribution >= 4 is 21.6 Å². The lowest BCUT2D eigenvalue weighted by atomic mass is 10.1. The maximum atomic E-state index is 11.9. The predicted octanol–water partition coefficient (Wildman–Crippen LogP) is 0.0874. The molecule has 2 aliphatic heterocycles. The highest BCUT2D eigenvalue weighted by Crippen LogP contribution is 2.34. The zero-order valence-corrected chi connectivity index (χ0v) is 10.2. The number of carbonyl (C=O) groups excluding carboxylic acids is 1. The van der Waals surface area contributed by atoms with Gasteiger partial charge in [-0.25, -0.2) is 13.2 Å². The molecule has 0 aliphatic carbocycles. The van der Waals surface area contributed by atoms with E-state index in [0.717, 1.165) is 0 Å². The lowest BCUT2D eigenvalue weighted by Crippen LogP contribution is -2.36. The SMILES string of the molecule is O=C1N[C@H]2CS(=O)(=O)C[C@@H]2N1c1ccccc1O. The van der Waals surface area contributed by atoms with Crippen LogP contribution in [0.4, 0.5) is 10.5 Å². The van der Waals surface area contributed by atoms with Crippen LogP contribution in [-0.4, -0.2) is 43.1 Å². The molecule has 2 atom stereocenters. The fourth-order valence-corrected chi connectivity index (χ4v) is 4.45. The molecule has 2 aliphatic rings. The van der Waals surface area contributed by atoms with Crippen molar-refractivity contribution in [3.05, 3.63) is 24.3 Å². The summed E-state index contributed by atoms with van der Waals surface area (Å²) in [4.78, 5) is 13.2. The first-order valence-electron chi connectivity index (χ1n) is 5.56. The van der Waals surface area contributed by atoms with Gasteiger partial charge in [0.15, 0.2) is 9.84 Å². The smallest absolute Gasteiger partial charge is 0.322 e. The fourth-order valence-electron chi connectivity index (χ4n) is 2.56. The number of urea groups is 1. The summed E-state index contributed by atoms with van der Waals surface area (Å²) < 4.78 is 23.1. The second-order valence-electron chi connectivity index (χ2n) is 4.56. The van der Waals surface area contributed by atoms with E-state index in [0.29, 0.717) is 5.69 Å². The number of aromatic hydroxyl groups is 1. The Morgan fingerprint density at radius 1 is 1.28 bits per heavy atom. The third-order valence-electron chi connectivity index (χ3n) is 3.32. The van der Waals surface area contributed by atoms with Crippen LogP contribution in [0.1, 0.15) is 0 Å². The van der Waals surface area contributed by atoms with Gasteiger partial charge < -0.3 is 10.4 Å². The number of fused-ring (bicyclic) bond motifs is 1. The van der Waals surface area contributed by atoms with Crippen molar-refractivity contribution in [3.63, 3.8) is 0 Å². The van der Waals surface area contributed by atoms with Gasteiger partial charge in [0, 0.05) is 0 Å². The van der Waals surface area contributed by atoms with E-state index in [-0.39, 0.29) is 29.3 Å². The van der Waals surface area contributed by atoms with Gasteiger partial charge in [-0.15, -0.1) is 0 Å². The van der Waals surface area contributed by atoms with E-state index < -0.39 is 15.9 Å². The lowest BCUT2D eigenvalue weighted by Gasteiger charge is -2.21. The Morgan fingerprint density at radius 3 is 2.72 bits per heavy atom. The van der Waals surface area contributed by atoms with Gasteiger partial charge in [-0.1, -0.05) is 12.1 Å². The van der Waals surface area contributed by atoms with Gasteiger partial charge >= 0.3 is 6.03 Å². The first kappa shape index (κ1) is 11.3. The number of amides is 2. The number of para-hydroxylation sites is 2. The van der Waals surface area contributed by atoms with E-state index in [2.05, 4.69) is 5.32 Å². The molecule has 0 unspecified atom stereocenters. The van der Waals surface area contributed by atoms with Gasteiger partial charge in [0.2, 0.25) is 0 Å². The quantitative estimate of drug-likeness (QED) is 0.707. The molecule has 2 amide bonds. The maximum Gasteiger partial charge on any atom is 0.322 e. The van der Waals surface area contributed by atoms with Gasteiger partial charge in [0.25, 0.3) is 0 Å². The van der Waals surface area contributed by atoms with E-state index >= 15 is 0 Å². The number of nitrogens with zero attached hydrogens (tertiary/aromatic N) is 1. The van der Waals surface area contributed by atoms with Crippen LogP contribution in [0.15, 0.2) is 24.3 Å². The maximum absolute atomic E-state index is 11.9. The summed E-state index contributed by atoms with van der Waals surface area (Å²) in [5, 5.41) is 12.4. The summed E-state index contributed by atoms with van der Waals surface area (Å²) in [6, 6.07) is 5.23. The Labute approximate surface area is 104 Å². The Kier molecular flexibility index (Phi) is 2.28. The predicted molar refractivity (Wildman–Crippen MR) is 65.3 cm³/mol. The molecule has 0 radical (unpaired) electrons. The van der Waals surface area contributed by atoms with Crippen molar-refractivity contribution in [1.29, 1.82) is 0 Å². The molecule has 3 rings (SSSR count). The van der Waals surface area contributed by atoms with Gasteiger partial charge in [-0.3, -0.25) is 4.90 Å². The van der Waals surface area contributed by atoms with Gasteiger partial charge in [0.05, 0.1) is 29.3 Å². The summed E-state index contributed by atoms with van der Waals surface area (Å²) in [5.41, 5.74) is 0.347. The number of hydrogen-bond acceptors (Lipinski definition) is 4. The molecular formula is C11H12N2O4S. The molecule has 0 spiro atoms. The second kappa shape index (κ2) is 3.61. The molecule has 96 valence electrons. The van der Waals surface area contributed by atoms with Crippen molar-refractivity contribution in [2.24, 2.45) is 0 Å². The number of nitrogens with one attached hydrogen (secondary N) is 1. The van der Waals surface area contributed by atoms with E-state index in [4.69, 9.17) is 0 Å². The highest BCUT2D eigenvalue weighted by Gasteiger charge is 2.49. The topological polar surface area (TPSA) is 86.7 Å². The molecule has 0 aromatic heterocycles. The molecule has 1 aromatic carbocycles. The normalized spacial score (nSPS) is 29.1. The van der Waals surface area contributed by atoms with Gasteiger partial charge in [0.1, 0.15) is 5.75 Å². The Hall–Kier alpha value is -1.76. The average Bonchev–Trinajstić information content (AvgIpc) is 2.70. The highest BCUT2D eigenvalue weighted by atomic mass is 32.2. The molecule has 2 heterocycles. The van der Waals surface area contributed by atoms with Crippen molar-refractivity contribution < 1.29 is 18.3 Å². The molecular weight excluding hydrogens is 256 g/mol. The molecule has 0 bridgehead atoms. The van der Waals surface area contributed by atoms with Gasteiger partial charge in [-0.05, 0) is 12.1 Å². The molecule has 18 heavy (non-hydrogen) atoms. The largest absolute Gasteiger partial charge is 0.506 e. The summed E-state index contributed by atoms with van der Waals surface area (Å²) in [5.74, 6) is -0.129. The van der Waals surface area contributed by atoms with Gasteiger partial charge in [-0.2, -0.15) is 0 Å². The number of phenolic OH excluding ortho intramolecular Hbond substituents is 1. The van der Waals surface area contributed by atoms with Crippen LogP contribution >= 0.6 is 0 Å². The minimum Gasteiger partial charge on any atom is -0.506 e. The fraction of sp³-hybridized carbons (Fsp3) is 0.364. The van der Waals surface area contributed by atoms with Crippen molar-refractivity contribution in [3.8, 4) is 5.75 Å². The van der Waals surface area contributed by atoms with E-state index in [1.807, 2.05) is 0 Å². The Morgan fingerprint density at radius 2 is 2.00 bits per heavy atom. The highest BCUT2D eigenvalue weighted by molar-refractivity contribution is 7.91. The zero-order chi connectivity index (χ0) is 12.9. The third-order valence-corrected chi connectivity index (χ3v) is 5.04. The molecule has 2 N–H and O–H groups in total. The number of rotatable bonds is 1. The molecule has 6 nitrogen and oxygen atoms in total. The molecule has 0 saturated carbocycles. The zero-order valence-electron chi connectivity index (χ0n) is 9.41. The van der Waals surface area contributed by atoms with E-state index in [1.165, 1.54) is 11.0 Å². The van der Waals surface area contributed by atoms with Crippen molar-refractivity contribution in [2.75, 3.05) is 16.4 Å². The van der Waals surface area contributed by atoms with E-state index in [1.54, 1.807) is 18.2 Å². The monoisotopic (exact) mass is 268 g/mol. The third kappa shape index (κ3) is 1.62. The van der Waals surface area contributed by atoms with Crippen molar-refractivity contribution in [2.45, 2.75) is 12.1 Å². The first-order chi connectivity index (χ1) is 8.48.